The third-order valence-electron chi connectivity index (χ3n) is 4.42. The van der Waals surface area contributed by atoms with Crippen LogP contribution in [-0.2, 0) is 0 Å². The van der Waals surface area contributed by atoms with Crippen molar-refractivity contribution >= 4 is 29.3 Å². The Labute approximate surface area is 140 Å². The number of benzene rings is 1. The van der Waals surface area contributed by atoms with Crippen LogP contribution < -0.4 is 4.74 Å². The summed E-state index contributed by atoms with van der Waals surface area (Å²) >= 11 is 8.06. The third-order valence-corrected chi connectivity index (χ3v) is 5.88. The van der Waals surface area contributed by atoms with E-state index in [0.717, 1.165) is 26.2 Å². The number of thioether (sulfide) groups is 1. The van der Waals surface area contributed by atoms with Crippen LogP contribution in [0.5, 0.6) is 5.75 Å². The predicted octanol–water partition coefficient (Wildman–Crippen LogP) is 2.61. The van der Waals surface area contributed by atoms with Crippen LogP contribution in [0.4, 0.5) is 0 Å². The molecule has 0 aliphatic carbocycles. The van der Waals surface area contributed by atoms with Gasteiger partial charge in [0.05, 0.1) is 12.1 Å². The molecule has 22 heavy (non-hydrogen) atoms. The van der Waals surface area contributed by atoms with E-state index in [1.165, 1.54) is 17.9 Å². The summed E-state index contributed by atoms with van der Waals surface area (Å²) in [5.74, 6) is 3.13. The molecule has 1 aromatic rings. The molecule has 6 heteroatoms. The van der Waals surface area contributed by atoms with Crippen molar-refractivity contribution in [1.29, 1.82) is 0 Å². The van der Waals surface area contributed by atoms with Gasteiger partial charge in [-0.05, 0) is 30.4 Å². The number of hydrogen-bond donors (Lipinski definition) is 0. The number of piperazine rings is 1. The van der Waals surface area contributed by atoms with Crippen LogP contribution in [0.2, 0.25) is 5.02 Å². The lowest BCUT2D eigenvalue weighted by Gasteiger charge is -2.37. The molecule has 2 heterocycles. The number of carbonyl (C=O) groups excluding carboxylic acids is 1. The van der Waals surface area contributed by atoms with Gasteiger partial charge in [-0.15, -0.1) is 0 Å². The highest BCUT2D eigenvalue weighted by Gasteiger charge is 2.28. The number of hydrogen-bond acceptors (Lipinski definition) is 4. The maximum atomic E-state index is 12.6. The highest BCUT2D eigenvalue weighted by molar-refractivity contribution is 7.99. The monoisotopic (exact) mass is 340 g/mol. The molecule has 0 spiro atoms. The lowest BCUT2D eigenvalue weighted by molar-refractivity contribution is 0.0588. The molecule has 1 aromatic carbocycles. The molecule has 2 aliphatic heterocycles. The minimum atomic E-state index is 0.0652. The second kappa shape index (κ2) is 7.11. The zero-order chi connectivity index (χ0) is 15.5. The summed E-state index contributed by atoms with van der Waals surface area (Å²) in [6.45, 7) is 3.54. The van der Waals surface area contributed by atoms with Crippen LogP contribution in [-0.4, -0.2) is 66.5 Å². The summed E-state index contributed by atoms with van der Waals surface area (Å²) in [7, 11) is 1.56. The number of carbonyl (C=O) groups is 1. The molecule has 0 saturated carbocycles. The first-order valence-electron chi connectivity index (χ1n) is 7.63. The van der Waals surface area contributed by atoms with E-state index in [2.05, 4.69) is 4.90 Å². The Morgan fingerprint density at radius 2 is 2.09 bits per heavy atom. The molecule has 0 radical (unpaired) electrons. The van der Waals surface area contributed by atoms with Gasteiger partial charge >= 0.3 is 0 Å². The number of amides is 1. The second-order valence-corrected chi connectivity index (χ2v) is 7.25. The molecular weight excluding hydrogens is 320 g/mol. The molecule has 1 amide bonds. The minimum absolute atomic E-state index is 0.0652. The summed E-state index contributed by atoms with van der Waals surface area (Å²) in [5, 5.41) is 0.530. The van der Waals surface area contributed by atoms with Crippen LogP contribution in [0, 0.1) is 0 Å². The fourth-order valence-corrected chi connectivity index (χ4v) is 4.53. The highest BCUT2D eigenvalue weighted by atomic mass is 35.5. The Hall–Kier alpha value is -0.910. The quantitative estimate of drug-likeness (QED) is 0.846. The Kier molecular flexibility index (Phi) is 5.16. The van der Waals surface area contributed by atoms with Crippen LogP contribution in [0.25, 0.3) is 0 Å². The number of halogens is 1. The Balaban J connectivity index is 1.62. The first kappa shape index (κ1) is 16.0. The van der Waals surface area contributed by atoms with E-state index in [-0.39, 0.29) is 5.91 Å². The molecule has 0 bridgehead atoms. The van der Waals surface area contributed by atoms with Crippen LogP contribution in [0.15, 0.2) is 18.2 Å². The van der Waals surface area contributed by atoms with Gasteiger partial charge in [0.1, 0.15) is 5.75 Å². The number of nitrogens with zero attached hydrogens (tertiary/aromatic N) is 2. The van der Waals surface area contributed by atoms with Crippen LogP contribution in [0.3, 0.4) is 0 Å². The smallest absolute Gasteiger partial charge is 0.254 e. The number of rotatable bonds is 3. The highest BCUT2D eigenvalue weighted by Crippen LogP contribution is 2.26. The summed E-state index contributed by atoms with van der Waals surface area (Å²) in [6, 6.07) is 5.93. The van der Waals surface area contributed by atoms with E-state index in [9.17, 15) is 4.79 Å². The number of ether oxygens (including phenoxy) is 1. The fraction of sp³-hybridized carbons (Fsp3) is 0.562. The summed E-state index contributed by atoms with van der Waals surface area (Å²) < 4.78 is 5.19. The molecule has 0 unspecified atom stereocenters. The topological polar surface area (TPSA) is 32.8 Å². The average Bonchev–Trinajstić information content (AvgIpc) is 3.09. The Morgan fingerprint density at radius 3 is 2.73 bits per heavy atom. The SMILES string of the molecule is COc1cc(C(=O)N2CCN([C@@H]3CCSC3)CC2)ccc1Cl. The zero-order valence-corrected chi connectivity index (χ0v) is 14.3. The second-order valence-electron chi connectivity index (χ2n) is 5.69. The lowest BCUT2D eigenvalue weighted by atomic mass is 10.1. The predicted molar refractivity (Wildman–Crippen MR) is 91.2 cm³/mol. The van der Waals surface area contributed by atoms with E-state index in [0.29, 0.717) is 22.4 Å². The molecule has 2 saturated heterocycles. The standard InChI is InChI=1S/C16H21ClN2O2S/c1-21-15-10-12(2-3-14(15)17)16(20)19-7-5-18(6-8-19)13-4-9-22-11-13/h2-3,10,13H,4-9,11H2,1H3/t13-/m1/s1. The average molecular weight is 341 g/mol. The summed E-state index contributed by atoms with van der Waals surface area (Å²) in [6.07, 6.45) is 1.28. The Bertz CT molecular complexity index is 541. The van der Waals surface area contributed by atoms with E-state index >= 15 is 0 Å². The van der Waals surface area contributed by atoms with Crippen molar-refractivity contribution in [3.63, 3.8) is 0 Å². The third kappa shape index (κ3) is 3.36. The first-order valence-corrected chi connectivity index (χ1v) is 9.17. The van der Waals surface area contributed by atoms with E-state index in [1.807, 2.05) is 16.7 Å². The zero-order valence-electron chi connectivity index (χ0n) is 12.8. The molecule has 1 atom stereocenters. The van der Waals surface area contributed by atoms with Crippen molar-refractivity contribution in [2.75, 3.05) is 44.8 Å². The van der Waals surface area contributed by atoms with Crippen LogP contribution >= 0.6 is 23.4 Å². The van der Waals surface area contributed by atoms with Crippen molar-refractivity contribution in [1.82, 2.24) is 9.80 Å². The number of methoxy groups -OCH3 is 1. The Morgan fingerprint density at radius 1 is 1.32 bits per heavy atom. The normalized spacial score (nSPS) is 22.8. The molecule has 3 rings (SSSR count). The van der Waals surface area contributed by atoms with Gasteiger partial charge in [0.2, 0.25) is 0 Å². The van der Waals surface area contributed by atoms with Gasteiger partial charge in [0.25, 0.3) is 5.91 Å². The van der Waals surface area contributed by atoms with Gasteiger partial charge in [-0.3, -0.25) is 9.69 Å². The van der Waals surface area contributed by atoms with Gasteiger partial charge in [-0.2, -0.15) is 11.8 Å². The van der Waals surface area contributed by atoms with Gasteiger partial charge < -0.3 is 9.64 Å². The van der Waals surface area contributed by atoms with Crippen molar-refractivity contribution in [3.05, 3.63) is 28.8 Å². The van der Waals surface area contributed by atoms with Crippen LogP contribution in [0.1, 0.15) is 16.8 Å². The maximum absolute atomic E-state index is 12.6. The van der Waals surface area contributed by atoms with Crippen molar-refractivity contribution in [3.8, 4) is 5.75 Å². The minimum Gasteiger partial charge on any atom is -0.495 e. The molecular formula is C16H21ClN2O2S. The van der Waals surface area contributed by atoms with E-state index in [1.54, 1.807) is 25.3 Å². The maximum Gasteiger partial charge on any atom is 0.254 e. The van der Waals surface area contributed by atoms with E-state index in [4.69, 9.17) is 16.3 Å². The molecule has 0 N–H and O–H groups in total. The fourth-order valence-electron chi connectivity index (χ4n) is 3.08. The van der Waals surface area contributed by atoms with Crippen molar-refractivity contribution in [2.45, 2.75) is 12.5 Å². The van der Waals surface area contributed by atoms with Gasteiger partial charge in [-0.1, -0.05) is 11.6 Å². The largest absolute Gasteiger partial charge is 0.495 e. The summed E-state index contributed by atoms with van der Waals surface area (Å²) in [5.41, 5.74) is 0.645. The lowest BCUT2D eigenvalue weighted by Crippen LogP contribution is -2.52. The van der Waals surface area contributed by atoms with E-state index < -0.39 is 0 Å². The van der Waals surface area contributed by atoms with Gasteiger partial charge in [0, 0.05) is 43.5 Å². The molecule has 2 aliphatic rings. The van der Waals surface area contributed by atoms with Crippen molar-refractivity contribution < 1.29 is 9.53 Å². The molecule has 2 fully saturated rings. The van der Waals surface area contributed by atoms with Gasteiger partial charge in [0.15, 0.2) is 0 Å². The van der Waals surface area contributed by atoms with Crippen molar-refractivity contribution in [2.24, 2.45) is 0 Å². The van der Waals surface area contributed by atoms with Gasteiger partial charge in [-0.25, -0.2) is 0 Å². The summed E-state index contributed by atoms with van der Waals surface area (Å²) in [4.78, 5) is 17.1. The molecule has 4 nitrogen and oxygen atoms in total. The molecule has 0 aromatic heterocycles. The molecule has 120 valence electrons. The first-order chi connectivity index (χ1) is 10.7.